The second-order valence-electron chi connectivity index (χ2n) is 11.2. The molecule has 3 aliphatic heterocycles. The van der Waals surface area contributed by atoms with Crippen molar-refractivity contribution >= 4 is 46.9 Å². The minimum atomic E-state index is -5.06. The van der Waals surface area contributed by atoms with Gasteiger partial charge >= 0.3 is 12.4 Å². The van der Waals surface area contributed by atoms with Crippen LogP contribution >= 0.6 is 0 Å². The van der Waals surface area contributed by atoms with Gasteiger partial charge in [0.25, 0.3) is 23.6 Å². The molecule has 0 bridgehead atoms. The molecule has 48 heavy (non-hydrogen) atoms. The first-order chi connectivity index (χ1) is 22.4. The van der Waals surface area contributed by atoms with Gasteiger partial charge in [0.2, 0.25) is 0 Å². The second-order valence-corrected chi connectivity index (χ2v) is 11.2. The van der Waals surface area contributed by atoms with E-state index < -0.39 is 77.0 Å². The summed E-state index contributed by atoms with van der Waals surface area (Å²) in [5, 5.41) is 1.09. The van der Waals surface area contributed by atoms with Crippen molar-refractivity contribution in [1.82, 2.24) is 20.0 Å². The summed E-state index contributed by atoms with van der Waals surface area (Å²) >= 11 is 0. The molecule has 2 aromatic heterocycles. The van der Waals surface area contributed by atoms with Gasteiger partial charge in [-0.2, -0.15) is 36.4 Å². The maximum absolute atomic E-state index is 14.8. The Bertz CT molecular complexity index is 1760. The maximum Gasteiger partial charge on any atom is 0.420 e. The zero-order chi connectivity index (χ0) is 35.3. The highest BCUT2D eigenvalue weighted by atomic mass is 19.4. The van der Waals surface area contributed by atoms with Crippen LogP contribution in [0.5, 0.6) is 0 Å². The van der Waals surface area contributed by atoms with E-state index in [4.69, 9.17) is 4.74 Å². The number of hydrogen-bond donors (Lipinski definition) is 2. The number of ether oxygens (including phenoxy) is 1. The first-order valence-electron chi connectivity index (χ1n) is 14.2. The van der Waals surface area contributed by atoms with Crippen LogP contribution in [0.4, 0.5) is 49.6 Å². The third kappa shape index (κ3) is 6.62. The van der Waals surface area contributed by atoms with E-state index in [1.54, 1.807) is 0 Å². The smallest absolute Gasteiger partial charge is 0.380 e. The molecule has 0 unspecified atom stereocenters. The van der Waals surface area contributed by atoms with Gasteiger partial charge in [-0.3, -0.25) is 30.0 Å². The Kier molecular flexibility index (Phi) is 8.85. The molecule has 5 heterocycles. The number of halogens is 6. The second kappa shape index (κ2) is 12.4. The number of aromatic nitrogens is 2. The van der Waals surface area contributed by atoms with Gasteiger partial charge in [0.15, 0.2) is 0 Å². The number of nitrogens with one attached hydrogen (secondary N) is 2. The number of carbonyl (C=O) groups is 4. The SMILES string of the molecule is CO[C@H]1CCN(c2nc(NN3C(=O)C=C(C)C3=O)cc(CN(C)c3nc(NN4C(=O)C=C(C)C4=O)ccc3C(F)(F)F)c2C(F)(F)F)C1. The van der Waals surface area contributed by atoms with Crippen molar-refractivity contribution in [3.8, 4) is 0 Å². The molecule has 0 aliphatic carbocycles. The monoisotopic (exact) mass is 682 g/mol. The molecule has 0 saturated carbocycles. The Hall–Kier alpha value is -5.20. The largest absolute Gasteiger partial charge is 0.420 e. The van der Waals surface area contributed by atoms with E-state index in [-0.39, 0.29) is 35.9 Å². The van der Waals surface area contributed by atoms with Gasteiger partial charge in [-0.25, -0.2) is 9.97 Å². The molecule has 1 atom stereocenters. The van der Waals surface area contributed by atoms with Crippen molar-refractivity contribution in [3.63, 3.8) is 0 Å². The molecule has 2 N–H and O–H groups in total. The number of amides is 4. The summed E-state index contributed by atoms with van der Waals surface area (Å²) in [6.45, 7) is 1.98. The van der Waals surface area contributed by atoms with Crippen LogP contribution < -0.4 is 20.7 Å². The lowest BCUT2D eigenvalue weighted by Crippen LogP contribution is -2.37. The summed E-state index contributed by atoms with van der Waals surface area (Å²) in [6, 6.07) is 2.35. The molecular weight excluding hydrogens is 654 g/mol. The molecule has 256 valence electrons. The summed E-state index contributed by atoms with van der Waals surface area (Å²) in [5.41, 5.74) is 1.76. The average Bonchev–Trinajstić information content (AvgIpc) is 3.64. The Morgan fingerprint density at radius 3 is 1.96 bits per heavy atom. The first-order valence-corrected chi connectivity index (χ1v) is 14.2. The van der Waals surface area contributed by atoms with Crippen LogP contribution in [-0.4, -0.2) is 77.0 Å². The van der Waals surface area contributed by atoms with Crippen molar-refractivity contribution in [2.24, 2.45) is 0 Å². The topological polar surface area (TPSA) is 140 Å². The molecule has 13 nitrogen and oxygen atoms in total. The summed E-state index contributed by atoms with van der Waals surface area (Å²) < 4.78 is 92.2. The van der Waals surface area contributed by atoms with Crippen LogP contribution in [0, 0.1) is 0 Å². The van der Waals surface area contributed by atoms with Gasteiger partial charge in [0.05, 0.1) is 11.7 Å². The zero-order valence-corrected chi connectivity index (χ0v) is 25.8. The molecule has 2 aromatic rings. The molecule has 1 fully saturated rings. The van der Waals surface area contributed by atoms with Crippen molar-refractivity contribution in [2.75, 3.05) is 47.9 Å². The van der Waals surface area contributed by atoms with Gasteiger partial charge in [-0.1, -0.05) is 0 Å². The van der Waals surface area contributed by atoms with Crippen molar-refractivity contribution in [1.29, 1.82) is 0 Å². The number of methoxy groups -OCH3 is 1. The lowest BCUT2D eigenvalue weighted by atomic mass is 10.1. The Balaban J connectivity index is 1.58. The molecule has 5 rings (SSSR count). The minimum Gasteiger partial charge on any atom is -0.380 e. The van der Waals surface area contributed by atoms with Crippen LogP contribution in [0.2, 0.25) is 0 Å². The summed E-state index contributed by atoms with van der Waals surface area (Å²) in [7, 11) is 2.47. The molecule has 1 saturated heterocycles. The first kappa shape index (κ1) is 34.1. The highest BCUT2D eigenvalue weighted by Crippen LogP contribution is 2.42. The quantitative estimate of drug-likeness (QED) is 0.296. The highest BCUT2D eigenvalue weighted by Gasteiger charge is 2.42. The third-order valence-electron chi connectivity index (χ3n) is 7.75. The normalized spacial score (nSPS) is 18.6. The van der Waals surface area contributed by atoms with E-state index in [2.05, 4.69) is 20.8 Å². The predicted molar refractivity (Wildman–Crippen MR) is 157 cm³/mol. The van der Waals surface area contributed by atoms with E-state index in [1.807, 2.05) is 0 Å². The lowest BCUT2D eigenvalue weighted by molar-refractivity contribution is -0.139. The molecule has 0 spiro atoms. The molecule has 0 aromatic carbocycles. The van der Waals surface area contributed by atoms with E-state index in [1.165, 1.54) is 25.9 Å². The minimum absolute atomic E-state index is 0.00329. The number of anilines is 4. The van der Waals surface area contributed by atoms with E-state index in [0.717, 1.165) is 36.2 Å². The Morgan fingerprint density at radius 2 is 1.48 bits per heavy atom. The van der Waals surface area contributed by atoms with Crippen LogP contribution in [0.25, 0.3) is 0 Å². The van der Waals surface area contributed by atoms with E-state index in [0.29, 0.717) is 22.5 Å². The number of carbonyl (C=O) groups excluding carboxylic acids is 4. The number of rotatable bonds is 9. The van der Waals surface area contributed by atoms with Gasteiger partial charge in [-0.05, 0) is 44.0 Å². The standard InChI is InChI=1S/C29H28F6N8O5/c1-14-9-21(44)42(26(14)46)38-19-6-5-18(28(30,31)32)24(36-19)40(3)12-16-11-20(39-43-22(45)10-15(2)27(43)47)37-25(23(16)29(33,34)35)41-8-7-17(13-41)48-4/h5-6,9-11,17H,7-8,12-13H2,1-4H3,(H,36,38)(H,37,39)/t17-/m0/s1. The van der Waals surface area contributed by atoms with Gasteiger partial charge in [-0.15, -0.1) is 0 Å². The number of pyridine rings is 2. The number of imide groups is 2. The third-order valence-corrected chi connectivity index (χ3v) is 7.75. The summed E-state index contributed by atoms with van der Waals surface area (Å²) in [4.78, 5) is 59.5. The number of hydrazine groups is 2. The van der Waals surface area contributed by atoms with Crippen LogP contribution in [0.1, 0.15) is 37.0 Å². The van der Waals surface area contributed by atoms with Crippen molar-refractivity contribution < 1.29 is 50.3 Å². The molecule has 19 heteroatoms. The Labute approximate surface area is 268 Å². The lowest BCUT2D eigenvalue weighted by Gasteiger charge is -2.29. The fourth-order valence-electron chi connectivity index (χ4n) is 5.39. The van der Waals surface area contributed by atoms with Crippen LogP contribution in [0.3, 0.4) is 0 Å². The molecule has 0 radical (unpaired) electrons. The number of nitrogens with zero attached hydrogens (tertiary/aromatic N) is 6. The molecule has 4 amide bonds. The molecule has 3 aliphatic rings. The van der Waals surface area contributed by atoms with Crippen LogP contribution in [0.15, 0.2) is 41.5 Å². The predicted octanol–water partition coefficient (Wildman–Crippen LogP) is 3.66. The van der Waals surface area contributed by atoms with E-state index >= 15 is 0 Å². The van der Waals surface area contributed by atoms with Gasteiger partial charge in [0.1, 0.15) is 28.8 Å². The Morgan fingerprint density at radius 1 is 0.896 bits per heavy atom. The maximum atomic E-state index is 14.8. The van der Waals surface area contributed by atoms with Gasteiger partial charge in [0, 0.05) is 57.1 Å². The van der Waals surface area contributed by atoms with Crippen molar-refractivity contribution in [3.05, 3.63) is 58.2 Å². The summed E-state index contributed by atoms with van der Waals surface area (Å²) in [6.07, 6.45) is -8.14. The van der Waals surface area contributed by atoms with Crippen molar-refractivity contribution in [2.45, 2.75) is 45.3 Å². The van der Waals surface area contributed by atoms with Crippen LogP contribution in [-0.2, 0) is 42.8 Å². The number of hydrogen-bond acceptors (Lipinski definition) is 11. The van der Waals surface area contributed by atoms with E-state index in [9.17, 15) is 45.5 Å². The van der Waals surface area contributed by atoms with Gasteiger partial charge < -0.3 is 14.5 Å². The summed E-state index contributed by atoms with van der Waals surface area (Å²) in [5.74, 6) is -5.30. The fraction of sp³-hybridized carbons (Fsp3) is 0.379. The number of alkyl halides is 6. The fourth-order valence-corrected chi connectivity index (χ4v) is 5.39. The average molecular weight is 683 g/mol. The zero-order valence-electron chi connectivity index (χ0n) is 25.8. The highest BCUT2D eigenvalue weighted by molar-refractivity contribution is 6.17. The molecular formula is C29H28F6N8O5.